The van der Waals surface area contributed by atoms with Crippen LogP contribution >= 0.6 is 0 Å². The highest BCUT2D eigenvalue weighted by atomic mass is 16.3. The Labute approximate surface area is 118 Å². The molecule has 0 bridgehead atoms. The van der Waals surface area contributed by atoms with E-state index >= 15 is 0 Å². The summed E-state index contributed by atoms with van der Waals surface area (Å²) >= 11 is 0. The van der Waals surface area contributed by atoms with Crippen LogP contribution < -0.4 is 5.32 Å². The van der Waals surface area contributed by atoms with E-state index in [0.29, 0.717) is 5.56 Å². The van der Waals surface area contributed by atoms with Gasteiger partial charge in [-0.25, -0.2) is 0 Å². The van der Waals surface area contributed by atoms with Crippen molar-refractivity contribution >= 4 is 5.91 Å². The highest BCUT2D eigenvalue weighted by Gasteiger charge is 2.33. The van der Waals surface area contributed by atoms with Gasteiger partial charge in [-0.05, 0) is 44.0 Å². The summed E-state index contributed by atoms with van der Waals surface area (Å²) in [7, 11) is 1.69. The van der Waals surface area contributed by atoms with Gasteiger partial charge >= 0.3 is 0 Å². The van der Waals surface area contributed by atoms with Crippen LogP contribution in [0, 0.1) is 4.91 Å². The standard InChI is InChI=1S/C14H20N4O2/c1-15-13(14(19)18-9-3-2-4-10-18)12(17-20)11-5-7-16-8-6-11/h5-8,12-13,15H,2-4,9-10H2,1H3/t12-,13+/m0/s1. The van der Waals surface area contributed by atoms with E-state index in [-0.39, 0.29) is 5.91 Å². The maximum atomic E-state index is 12.6. The fraction of sp³-hybridized carbons (Fsp3) is 0.571. The van der Waals surface area contributed by atoms with Crippen molar-refractivity contribution in [3.63, 3.8) is 0 Å². The average molecular weight is 276 g/mol. The first-order chi connectivity index (χ1) is 9.77. The predicted molar refractivity (Wildman–Crippen MR) is 76.1 cm³/mol. The Hall–Kier alpha value is -1.82. The van der Waals surface area contributed by atoms with Crippen LogP contribution in [0.3, 0.4) is 0 Å². The molecule has 0 unspecified atom stereocenters. The van der Waals surface area contributed by atoms with Gasteiger partial charge in [0.2, 0.25) is 5.91 Å². The molecule has 1 aromatic heterocycles. The zero-order valence-corrected chi connectivity index (χ0v) is 11.7. The highest BCUT2D eigenvalue weighted by molar-refractivity contribution is 5.83. The lowest BCUT2D eigenvalue weighted by Gasteiger charge is -2.31. The Kier molecular flexibility index (Phi) is 5.17. The van der Waals surface area contributed by atoms with E-state index in [0.717, 1.165) is 32.4 Å². The van der Waals surface area contributed by atoms with E-state index in [1.54, 1.807) is 31.6 Å². The van der Waals surface area contributed by atoms with Gasteiger partial charge in [-0.15, -0.1) is 0 Å². The van der Waals surface area contributed by atoms with E-state index in [1.807, 2.05) is 4.90 Å². The number of likely N-dealkylation sites (N-methyl/N-ethyl adjacent to an activating group) is 1. The number of nitrogens with zero attached hydrogens (tertiary/aromatic N) is 3. The van der Waals surface area contributed by atoms with Crippen LogP contribution in [0.5, 0.6) is 0 Å². The smallest absolute Gasteiger partial charge is 0.242 e. The van der Waals surface area contributed by atoms with Crippen molar-refractivity contribution in [1.82, 2.24) is 15.2 Å². The number of rotatable bonds is 5. The quantitative estimate of drug-likeness (QED) is 0.827. The van der Waals surface area contributed by atoms with Crippen LogP contribution in [-0.2, 0) is 4.79 Å². The Morgan fingerprint density at radius 1 is 1.30 bits per heavy atom. The molecule has 1 aliphatic rings. The van der Waals surface area contributed by atoms with Gasteiger partial charge in [-0.2, -0.15) is 4.91 Å². The fourth-order valence-electron chi connectivity index (χ4n) is 2.60. The maximum Gasteiger partial charge on any atom is 0.242 e. The fourth-order valence-corrected chi connectivity index (χ4v) is 2.60. The molecular weight excluding hydrogens is 256 g/mol. The molecule has 2 atom stereocenters. The average Bonchev–Trinajstić information content (AvgIpc) is 2.53. The van der Waals surface area contributed by atoms with Gasteiger partial charge in [-0.1, -0.05) is 5.18 Å². The van der Waals surface area contributed by atoms with Crippen molar-refractivity contribution in [1.29, 1.82) is 0 Å². The summed E-state index contributed by atoms with van der Waals surface area (Å²) in [6.07, 6.45) is 6.41. The first kappa shape index (κ1) is 14.6. The highest BCUT2D eigenvalue weighted by Crippen LogP contribution is 2.23. The van der Waals surface area contributed by atoms with Gasteiger partial charge in [0.05, 0.1) is 0 Å². The Balaban J connectivity index is 2.16. The summed E-state index contributed by atoms with van der Waals surface area (Å²) < 4.78 is 0. The summed E-state index contributed by atoms with van der Waals surface area (Å²) in [5.41, 5.74) is 0.708. The SMILES string of the molecule is CN[C@@H](C(=O)N1CCCCC1)[C@@H](N=O)c1ccncc1. The van der Waals surface area contributed by atoms with Crippen molar-refractivity contribution in [2.24, 2.45) is 5.18 Å². The molecular formula is C14H20N4O2. The molecule has 108 valence electrons. The van der Waals surface area contributed by atoms with Crippen molar-refractivity contribution < 1.29 is 4.79 Å². The third kappa shape index (κ3) is 3.19. The van der Waals surface area contributed by atoms with E-state index in [4.69, 9.17) is 0 Å². The largest absolute Gasteiger partial charge is 0.341 e. The number of nitrogens with one attached hydrogen (secondary N) is 1. The number of nitroso groups, excluding NO2 is 1. The molecule has 1 aromatic rings. The van der Waals surface area contributed by atoms with Crippen molar-refractivity contribution in [3.8, 4) is 0 Å². The Bertz CT molecular complexity index is 446. The number of pyridine rings is 1. The normalized spacial score (nSPS) is 18.4. The molecule has 0 aliphatic carbocycles. The van der Waals surface area contributed by atoms with Crippen LogP contribution in [0.15, 0.2) is 29.7 Å². The van der Waals surface area contributed by atoms with Gasteiger partial charge in [0.25, 0.3) is 0 Å². The molecule has 0 aromatic carbocycles. The molecule has 2 rings (SSSR count). The van der Waals surface area contributed by atoms with Gasteiger partial charge in [0.15, 0.2) is 0 Å². The Morgan fingerprint density at radius 3 is 2.50 bits per heavy atom. The van der Waals surface area contributed by atoms with Crippen LogP contribution in [0.1, 0.15) is 30.9 Å². The second-order valence-corrected chi connectivity index (χ2v) is 4.98. The molecule has 0 radical (unpaired) electrons. The van der Waals surface area contributed by atoms with E-state index in [9.17, 15) is 9.70 Å². The minimum Gasteiger partial charge on any atom is -0.341 e. The lowest BCUT2D eigenvalue weighted by molar-refractivity contribution is -0.134. The van der Waals surface area contributed by atoms with Crippen LogP contribution in [0.4, 0.5) is 0 Å². The summed E-state index contributed by atoms with van der Waals surface area (Å²) in [4.78, 5) is 29.5. The lowest BCUT2D eigenvalue weighted by atomic mass is 9.99. The molecule has 6 heteroatoms. The molecule has 1 N–H and O–H groups in total. The third-order valence-corrected chi connectivity index (χ3v) is 3.72. The number of amides is 1. The van der Waals surface area contributed by atoms with E-state index in [2.05, 4.69) is 15.5 Å². The van der Waals surface area contributed by atoms with Gasteiger partial charge in [0, 0.05) is 25.5 Å². The lowest BCUT2D eigenvalue weighted by Crippen LogP contribution is -2.49. The number of piperidine rings is 1. The number of hydrogen-bond donors (Lipinski definition) is 1. The second-order valence-electron chi connectivity index (χ2n) is 4.98. The number of aromatic nitrogens is 1. The van der Waals surface area contributed by atoms with Gasteiger partial charge in [-0.3, -0.25) is 9.78 Å². The first-order valence-electron chi connectivity index (χ1n) is 6.96. The predicted octanol–water partition coefficient (Wildman–Crippen LogP) is 1.49. The summed E-state index contributed by atoms with van der Waals surface area (Å²) in [5.74, 6) is -0.0476. The van der Waals surface area contributed by atoms with Crippen LogP contribution in [0.2, 0.25) is 0 Å². The minimum atomic E-state index is -0.725. The molecule has 1 fully saturated rings. The minimum absolute atomic E-state index is 0.0476. The molecule has 1 saturated heterocycles. The van der Waals surface area contributed by atoms with Crippen molar-refractivity contribution in [2.75, 3.05) is 20.1 Å². The number of likely N-dealkylation sites (tertiary alicyclic amines) is 1. The zero-order chi connectivity index (χ0) is 14.4. The monoisotopic (exact) mass is 276 g/mol. The first-order valence-corrected chi connectivity index (χ1v) is 6.96. The van der Waals surface area contributed by atoms with Crippen molar-refractivity contribution in [2.45, 2.75) is 31.3 Å². The summed E-state index contributed by atoms with van der Waals surface area (Å²) in [6, 6.07) is 2.10. The molecule has 0 spiro atoms. The molecule has 6 nitrogen and oxygen atoms in total. The molecule has 20 heavy (non-hydrogen) atoms. The number of carbonyl (C=O) groups is 1. The van der Waals surface area contributed by atoms with E-state index in [1.165, 1.54) is 0 Å². The van der Waals surface area contributed by atoms with Crippen LogP contribution in [0.25, 0.3) is 0 Å². The molecule has 2 heterocycles. The zero-order valence-electron chi connectivity index (χ0n) is 11.7. The summed E-state index contributed by atoms with van der Waals surface area (Å²) in [5, 5.41) is 6.10. The van der Waals surface area contributed by atoms with Crippen molar-refractivity contribution in [3.05, 3.63) is 35.0 Å². The molecule has 1 amide bonds. The van der Waals surface area contributed by atoms with Crippen LogP contribution in [-0.4, -0.2) is 42.0 Å². The number of carbonyl (C=O) groups excluding carboxylic acids is 1. The topological polar surface area (TPSA) is 74.7 Å². The number of hydrogen-bond acceptors (Lipinski definition) is 5. The third-order valence-electron chi connectivity index (χ3n) is 3.72. The molecule has 1 aliphatic heterocycles. The maximum absolute atomic E-state index is 12.6. The second kappa shape index (κ2) is 7.09. The summed E-state index contributed by atoms with van der Waals surface area (Å²) in [6.45, 7) is 1.53. The van der Waals surface area contributed by atoms with Gasteiger partial charge in [0.1, 0.15) is 12.1 Å². The van der Waals surface area contributed by atoms with E-state index < -0.39 is 12.1 Å². The van der Waals surface area contributed by atoms with Gasteiger partial charge < -0.3 is 10.2 Å². The molecule has 0 saturated carbocycles. The Morgan fingerprint density at radius 2 is 1.95 bits per heavy atom.